The SMILES string of the molecule is CCN(CC)C(=O)C[C@@H]1NC(=O)c2cc(Oc3cc(C)cc(C)c3)c(NC(=O)c3cc(OC)c(OC)c(OC)c3)cc2N(C)C1=O. The molecule has 0 aliphatic carbocycles. The van der Waals surface area contributed by atoms with Gasteiger partial charge in [-0.3, -0.25) is 19.2 Å². The molecule has 4 rings (SSSR count). The van der Waals surface area contributed by atoms with Crippen LogP contribution in [-0.2, 0) is 9.59 Å². The molecule has 0 radical (unpaired) electrons. The van der Waals surface area contributed by atoms with Crippen LogP contribution in [0.25, 0.3) is 0 Å². The summed E-state index contributed by atoms with van der Waals surface area (Å²) < 4.78 is 22.5. The van der Waals surface area contributed by atoms with Gasteiger partial charge in [-0.05, 0) is 75.2 Å². The van der Waals surface area contributed by atoms with Crippen LogP contribution in [0.3, 0.4) is 0 Å². The van der Waals surface area contributed by atoms with Crippen LogP contribution >= 0.6 is 0 Å². The number of ether oxygens (including phenoxy) is 4. The molecule has 0 spiro atoms. The average molecular weight is 633 g/mol. The van der Waals surface area contributed by atoms with E-state index in [0.29, 0.717) is 24.6 Å². The lowest BCUT2D eigenvalue weighted by atomic mass is 10.1. The minimum atomic E-state index is -1.08. The van der Waals surface area contributed by atoms with E-state index in [1.54, 1.807) is 4.90 Å². The number of hydrogen-bond acceptors (Lipinski definition) is 8. The van der Waals surface area contributed by atoms with Crippen LogP contribution < -0.4 is 34.5 Å². The maximum Gasteiger partial charge on any atom is 0.256 e. The second kappa shape index (κ2) is 14.2. The summed E-state index contributed by atoms with van der Waals surface area (Å²) in [6.07, 6.45) is -0.193. The number of hydrogen-bond donors (Lipinski definition) is 2. The average Bonchev–Trinajstić information content (AvgIpc) is 3.10. The van der Waals surface area contributed by atoms with Crippen molar-refractivity contribution in [1.82, 2.24) is 10.2 Å². The van der Waals surface area contributed by atoms with Crippen molar-refractivity contribution in [3.63, 3.8) is 0 Å². The van der Waals surface area contributed by atoms with Crippen LogP contribution in [0, 0.1) is 13.8 Å². The fourth-order valence-corrected chi connectivity index (χ4v) is 5.40. The van der Waals surface area contributed by atoms with E-state index in [4.69, 9.17) is 18.9 Å². The Morgan fingerprint density at radius 1 is 0.870 bits per heavy atom. The highest BCUT2D eigenvalue weighted by Crippen LogP contribution is 2.40. The number of fused-ring (bicyclic) bond motifs is 1. The van der Waals surface area contributed by atoms with E-state index >= 15 is 0 Å². The maximum absolute atomic E-state index is 13.7. The summed E-state index contributed by atoms with van der Waals surface area (Å²) in [4.78, 5) is 56.6. The Bertz CT molecular complexity index is 1620. The number of nitrogens with one attached hydrogen (secondary N) is 2. The lowest BCUT2D eigenvalue weighted by Crippen LogP contribution is -2.47. The van der Waals surface area contributed by atoms with Crippen molar-refractivity contribution >= 4 is 35.0 Å². The molecule has 3 aromatic rings. The first kappa shape index (κ1) is 33.6. The normalized spacial score (nSPS) is 14.1. The monoisotopic (exact) mass is 632 g/mol. The molecule has 0 unspecified atom stereocenters. The van der Waals surface area contributed by atoms with Crippen LogP contribution in [-0.4, -0.2) is 76.0 Å². The number of aryl methyl sites for hydroxylation is 2. The van der Waals surface area contributed by atoms with E-state index in [-0.39, 0.29) is 52.1 Å². The van der Waals surface area contributed by atoms with E-state index < -0.39 is 23.8 Å². The predicted octanol–water partition coefficient (Wildman–Crippen LogP) is 4.71. The van der Waals surface area contributed by atoms with Crippen molar-refractivity contribution in [2.45, 2.75) is 40.2 Å². The third-order valence-corrected chi connectivity index (χ3v) is 7.73. The van der Waals surface area contributed by atoms with Gasteiger partial charge in [-0.15, -0.1) is 0 Å². The zero-order chi connectivity index (χ0) is 33.7. The maximum atomic E-state index is 13.7. The Balaban J connectivity index is 1.79. The molecule has 3 aromatic carbocycles. The minimum absolute atomic E-state index is 0.138. The summed E-state index contributed by atoms with van der Waals surface area (Å²) in [5, 5.41) is 5.58. The second-order valence-corrected chi connectivity index (χ2v) is 10.9. The van der Waals surface area contributed by atoms with Gasteiger partial charge in [0.1, 0.15) is 11.8 Å². The van der Waals surface area contributed by atoms with Gasteiger partial charge in [-0.1, -0.05) is 6.07 Å². The van der Waals surface area contributed by atoms with Gasteiger partial charge >= 0.3 is 0 Å². The van der Waals surface area contributed by atoms with Gasteiger partial charge in [0.15, 0.2) is 17.2 Å². The van der Waals surface area contributed by atoms with Crippen molar-refractivity contribution in [3.8, 4) is 28.7 Å². The van der Waals surface area contributed by atoms with Crippen molar-refractivity contribution in [2.24, 2.45) is 0 Å². The van der Waals surface area contributed by atoms with E-state index in [0.717, 1.165) is 11.1 Å². The highest BCUT2D eigenvalue weighted by molar-refractivity contribution is 6.13. The molecule has 1 aliphatic rings. The van der Waals surface area contributed by atoms with Crippen LogP contribution in [0.2, 0.25) is 0 Å². The van der Waals surface area contributed by atoms with E-state index in [2.05, 4.69) is 10.6 Å². The van der Waals surface area contributed by atoms with Gasteiger partial charge in [0, 0.05) is 25.7 Å². The lowest BCUT2D eigenvalue weighted by molar-refractivity contribution is -0.133. The van der Waals surface area contributed by atoms with Crippen molar-refractivity contribution in [2.75, 3.05) is 51.7 Å². The smallest absolute Gasteiger partial charge is 0.256 e. The van der Waals surface area contributed by atoms with Gasteiger partial charge in [-0.2, -0.15) is 0 Å². The summed E-state index contributed by atoms with van der Waals surface area (Å²) in [5.74, 6) is -0.277. The molecule has 0 saturated heterocycles. The van der Waals surface area contributed by atoms with Crippen molar-refractivity contribution in [3.05, 3.63) is 64.7 Å². The summed E-state index contributed by atoms with van der Waals surface area (Å²) in [5.41, 5.74) is 2.67. The molecule has 0 saturated carbocycles. The van der Waals surface area contributed by atoms with E-state index in [1.807, 2.05) is 45.9 Å². The summed E-state index contributed by atoms with van der Waals surface area (Å²) in [6.45, 7) is 8.52. The Kier molecular flexibility index (Phi) is 10.4. The fraction of sp³-hybridized carbons (Fsp3) is 0.353. The van der Waals surface area contributed by atoms with E-state index in [1.165, 1.54) is 57.5 Å². The van der Waals surface area contributed by atoms with Crippen LogP contribution in [0.1, 0.15) is 52.1 Å². The number of nitrogens with zero attached hydrogens (tertiary/aromatic N) is 2. The fourth-order valence-electron chi connectivity index (χ4n) is 5.40. The summed E-state index contributed by atoms with van der Waals surface area (Å²) in [6, 6.07) is 10.6. The molecule has 244 valence electrons. The molecule has 1 heterocycles. The summed E-state index contributed by atoms with van der Waals surface area (Å²) >= 11 is 0. The number of likely N-dealkylation sites (N-methyl/N-ethyl adjacent to an activating group) is 1. The van der Waals surface area contributed by atoms with Crippen molar-refractivity contribution < 1.29 is 38.1 Å². The lowest BCUT2D eigenvalue weighted by Gasteiger charge is -2.24. The molecule has 0 aromatic heterocycles. The van der Waals surface area contributed by atoms with Gasteiger partial charge in [0.25, 0.3) is 11.8 Å². The Morgan fingerprint density at radius 2 is 1.48 bits per heavy atom. The molecule has 0 bridgehead atoms. The van der Waals surface area contributed by atoms with Crippen molar-refractivity contribution in [1.29, 1.82) is 0 Å². The Morgan fingerprint density at radius 3 is 2.02 bits per heavy atom. The molecule has 2 N–H and O–H groups in total. The molecular formula is C34H40N4O8. The number of amides is 4. The van der Waals surface area contributed by atoms with Gasteiger partial charge in [0.05, 0.1) is 44.7 Å². The molecule has 46 heavy (non-hydrogen) atoms. The molecule has 4 amide bonds. The number of methoxy groups -OCH3 is 3. The number of rotatable bonds is 11. The topological polar surface area (TPSA) is 136 Å². The highest BCUT2D eigenvalue weighted by Gasteiger charge is 2.35. The number of benzene rings is 3. The second-order valence-electron chi connectivity index (χ2n) is 10.9. The molecule has 12 heteroatoms. The van der Waals surface area contributed by atoms with Crippen LogP contribution in [0.5, 0.6) is 28.7 Å². The first-order valence-electron chi connectivity index (χ1n) is 14.9. The van der Waals surface area contributed by atoms with Gasteiger partial charge < -0.3 is 39.4 Å². The first-order valence-corrected chi connectivity index (χ1v) is 14.9. The Hall–Kier alpha value is -5.26. The molecule has 0 fully saturated rings. The minimum Gasteiger partial charge on any atom is -0.493 e. The van der Waals surface area contributed by atoms with E-state index in [9.17, 15) is 19.2 Å². The zero-order valence-electron chi connectivity index (χ0n) is 27.4. The third kappa shape index (κ3) is 7.01. The third-order valence-electron chi connectivity index (χ3n) is 7.73. The predicted molar refractivity (Wildman–Crippen MR) is 174 cm³/mol. The van der Waals surface area contributed by atoms with Gasteiger partial charge in [0.2, 0.25) is 17.6 Å². The largest absolute Gasteiger partial charge is 0.493 e. The number of carbonyl (C=O) groups is 4. The van der Waals surface area contributed by atoms with Crippen LogP contribution in [0.15, 0.2) is 42.5 Å². The molecule has 1 aliphatic heterocycles. The summed E-state index contributed by atoms with van der Waals surface area (Å²) in [7, 11) is 5.87. The number of anilines is 2. The molecular weight excluding hydrogens is 592 g/mol. The molecule has 1 atom stereocenters. The highest BCUT2D eigenvalue weighted by atomic mass is 16.5. The van der Waals surface area contributed by atoms with Gasteiger partial charge in [-0.25, -0.2) is 0 Å². The van der Waals surface area contributed by atoms with Crippen LogP contribution in [0.4, 0.5) is 11.4 Å². The quantitative estimate of drug-likeness (QED) is 0.311. The zero-order valence-corrected chi connectivity index (χ0v) is 27.4. The molecule has 12 nitrogen and oxygen atoms in total. The first-order chi connectivity index (χ1) is 21.9. The number of carbonyl (C=O) groups excluding carboxylic acids is 4. The standard InChI is InChI=1S/C34H40N4O8/c1-9-38(10-2)30(39)18-25-34(42)37(5)26-17-24(35-32(40)21-14-28(43-6)31(45-8)29(15-21)44-7)27(16-23(26)33(41)36-25)46-22-12-19(3)11-20(4)13-22/h11-17,25H,9-10,18H2,1-8H3,(H,35,40)(H,36,41)/t25-/m0/s1. The Labute approximate surface area is 268 Å².